The van der Waals surface area contributed by atoms with Gasteiger partial charge in [0.2, 0.25) is 5.91 Å². The number of urea groups is 1. The van der Waals surface area contributed by atoms with Gasteiger partial charge in [-0.3, -0.25) is 4.79 Å². The van der Waals surface area contributed by atoms with Crippen molar-refractivity contribution in [2.75, 3.05) is 31.8 Å². The Morgan fingerprint density at radius 1 is 1.33 bits per heavy atom. The molecule has 2 fully saturated rings. The van der Waals surface area contributed by atoms with Crippen molar-refractivity contribution >= 4 is 17.6 Å². The Labute approximate surface area is 123 Å². The minimum atomic E-state index is -0.289. The van der Waals surface area contributed by atoms with Gasteiger partial charge in [-0.2, -0.15) is 0 Å². The summed E-state index contributed by atoms with van der Waals surface area (Å²) in [7, 11) is 1.55. The van der Waals surface area contributed by atoms with Gasteiger partial charge < -0.3 is 14.4 Å². The van der Waals surface area contributed by atoms with Crippen LogP contribution in [0.15, 0.2) is 24.3 Å². The fourth-order valence-corrected chi connectivity index (χ4v) is 2.97. The Balaban J connectivity index is 1.99. The summed E-state index contributed by atoms with van der Waals surface area (Å²) in [5, 5.41) is 0. The molecular formula is C15H18N2O4. The maximum absolute atomic E-state index is 12.6. The third-order valence-electron chi connectivity index (χ3n) is 4.08. The zero-order valence-electron chi connectivity index (χ0n) is 12.1. The molecule has 112 valence electrons. The number of carbonyl (C=O) groups excluding carboxylic acids is 2. The summed E-state index contributed by atoms with van der Waals surface area (Å²) in [6, 6.07) is 6.55. The first-order valence-electron chi connectivity index (χ1n) is 7.03. The SMILES string of the molecule is CCN1C(=O)N(c2cccc(OC)c2)C(=O)C2COCC21. The van der Waals surface area contributed by atoms with Gasteiger partial charge in [-0.25, -0.2) is 9.69 Å². The van der Waals surface area contributed by atoms with Gasteiger partial charge in [0.1, 0.15) is 5.75 Å². The number of benzene rings is 1. The molecule has 0 spiro atoms. The molecule has 2 aliphatic rings. The van der Waals surface area contributed by atoms with Crippen LogP contribution >= 0.6 is 0 Å². The number of anilines is 1. The molecule has 0 aromatic heterocycles. The minimum absolute atomic E-state index is 0.142. The van der Waals surface area contributed by atoms with Crippen molar-refractivity contribution in [3.05, 3.63) is 24.3 Å². The zero-order chi connectivity index (χ0) is 15.0. The summed E-state index contributed by atoms with van der Waals surface area (Å²) in [6.45, 7) is 3.26. The maximum atomic E-state index is 12.6. The first-order valence-corrected chi connectivity index (χ1v) is 7.03. The Kier molecular flexibility index (Phi) is 3.55. The molecule has 0 N–H and O–H groups in total. The summed E-state index contributed by atoms with van der Waals surface area (Å²) < 4.78 is 10.6. The molecule has 3 amide bonds. The predicted octanol–water partition coefficient (Wildman–Crippen LogP) is 1.50. The molecule has 2 aliphatic heterocycles. The third kappa shape index (κ3) is 2.15. The topological polar surface area (TPSA) is 59.1 Å². The van der Waals surface area contributed by atoms with E-state index in [0.29, 0.717) is 31.2 Å². The highest BCUT2D eigenvalue weighted by molar-refractivity contribution is 6.17. The monoisotopic (exact) mass is 290 g/mol. The molecule has 0 aliphatic carbocycles. The second-order valence-electron chi connectivity index (χ2n) is 5.16. The number of hydrogen-bond donors (Lipinski definition) is 0. The molecule has 0 radical (unpaired) electrons. The van der Waals surface area contributed by atoms with E-state index in [4.69, 9.17) is 9.47 Å². The smallest absolute Gasteiger partial charge is 0.331 e. The lowest BCUT2D eigenvalue weighted by atomic mass is 9.97. The number of nitrogens with zero attached hydrogens (tertiary/aromatic N) is 2. The lowest BCUT2D eigenvalue weighted by Crippen LogP contribution is -2.61. The molecule has 2 atom stereocenters. The van der Waals surface area contributed by atoms with E-state index in [1.54, 1.807) is 36.3 Å². The Hall–Kier alpha value is -2.08. The molecule has 2 unspecified atom stereocenters. The number of hydrogen-bond acceptors (Lipinski definition) is 4. The highest BCUT2D eigenvalue weighted by Crippen LogP contribution is 2.32. The largest absolute Gasteiger partial charge is 0.497 e. The molecule has 3 rings (SSSR count). The second kappa shape index (κ2) is 5.37. The van der Waals surface area contributed by atoms with E-state index in [-0.39, 0.29) is 23.9 Å². The van der Waals surface area contributed by atoms with Gasteiger partial charge in [0.25, 0.3) is 0 Å². The van der Waals surface area contributed by atoms with Crippen molar-refractivity contribution in [1.82, 2.24) is 4.90 Å². The minimum Gasteiger partial charge on any atom is -0.497 e. The normalized spacial score (nSPS) is 25.2. The molecule has 6 heteroatoms. The Morgan fingerprint density at radius 3 is 2.86 bits per heavy atom. The summed E-state index contributed by atoms with van der Waals surface area (Å²) in [4.78, 5) is 28.2. The molecule has 6 nitrogen and oxygen atoms in total. The molecule has 1 aromatic carbocycles. The van der Waals surface area contributed by atoms with E-state index in [1.807, 2.05) is 6.92 Å². The van der Waals surface area contributed by atoms with E-state index < -0.39 is 0 Å². The van der Waals surface area contributed by atoms with E-state index in [2.05, 4.69) is 0 Å². The number of ether oxygens (including phenoxy) is 2. The Morgan fingerprint density at radius 2 is 2.14 bits per heavy atom. The summed E-state index contributed by atoms with van der Waals surface area (Å²) in [5.41, 5.74) is 0.535. The molecular weight excluding hydrogens is 272 g/mol. The molecule has 1 aromatic rings. The first kappa shape index (κ1) is 13.9. The number of methoxy groups -OCH3 is 1. The number of likely N-dealkylation sites (N-methyl/N-ethyl adjacent to an activating group) is 1. The highest BCUT2D eigenvalue weighted by atomic mass is 16.5. The van der Waals surface area contributed by atoms with Crippen molar-refractivity contribution in [2.45, 2.75) is 13.0 Å². The molecule has 0 saturated carbocycles. The van der Waals surface area contributed by atoms with Crippen LogP contribution in [0.5, 0.6) is 5.75 Å². The molecule has 21 heavy (non-hydrogen) atoms. The van der Waals surface area contributed by atoms with E-state index in [1.165, 1.54) is 4.90 Å². The Bertz CT molecular complexity index is 575. The van der Waals surface area contributed by atoms with Crippen LogP contribution < -0.4 is 9.64 Å². The van der Waals surface area contributed by atoms with Crippen molar-refractivity contribution in [3.8, 4) is 5.75 Å². The maximum Gasteiger partial charge on any atom is 0.331 e. The van der Waals surface area contributed by atoms with E-state index in [0.717, 1.165) is 0 Å². The summed E-state index contributed by atoms with van der Waals surface area (Å²) in [5.74, 6) is 0.134. The van der Waals surface area contributed by atoms with E-state index in [9.17, 15) is 9.59 Å². The van der Waals surface area contributed by atoms with Crippen LogP contribution in [0.4, 0.5) is 10.5 Å². The van der Waals surface area contributed by atoms with Gasteiger partial charge in [0.15, 0.2) is 0 Å². The van der Waals surface area contributed by atoms with Crippen LogP contribution in [0, 0.1) is 5.92 Å². The van der Waals surface area contributed by atoms with Gasteiger partial charge in [-0.1, -0.05) is 6.07 Å². The van der Waals surface area contributed by atoms with Gasteiger partial charge in [-0.15, -0.1) is 0 Å². The lowest BCUT2D eigenvalue weighted by Gasteiger charge is -2.40. The fourth-order valence-electron chi connectivity index (χ4n) is 2.97. The predicted molar refractivity (Wildman–Crippen MR) is 76.4 cm³/mol. The summed E-state index contributed by atoms with van der Waals surface area (Å²) >= 11 is 0. The number of carbonyl (C=O) groups is 2. The van der Waals surface area contributed by atoms with Crippen LogP contribution in [0.1, 0.15) is 6.92 Å². The van der Waals surface area contributed by atoms with Crippen molar-refractivity contribution in [2.24, 2.45) is 5.92 Å². The number of amides is 3. The zero-order valence-corrected chi connectivity index (χ0v) is 12.1. The average molecular weight is 290 g/mol. The van der Waals surface area contributed by atoms with E-state index >= 15 is 0 Å². The molecule has 0 bridgehead atoms. The van der Waals surface area contributed by atoms with Gasteiger partial charge in [0.05, 0.1) is 38.0 Å². The lowest BCUT2D eigenvalue weighted by molar-refractivity contribution is -0.124. The average Bonchev–Trinajstić information content (AvgIpc) is 2.98. The van der Waals surface area contributed by atoms with Gasteiger partial charge in [-0.05, 0) is 19.1 Å². The molecule has 2 saturated heterocycles. The standard InChI is InChI=1S/C15H18N2O4/c1-3-16-13-9-21-8-12(13)14(18)17(15(16)19)10-5-4-6-11(7-10)20-2/h4-7,12-13H,3,8-9H2,1-2H3. The molecule has 2 heterocycles. The fraction of sp³-hybridized carbons (Fsp3) is 0.467. The van der Waals surface area contributed by atoms with Gasteiger partial charge in [0, 0.05) is 12.6 Å². The quantitative estimate of drug-likeness (QED) is 0.846. The van der Waals surface area contributed by atoms with Crippen molar-refractivity contribution < 1.29 is 19.1 Å². The first-order chi connectivity index (χ1) is 10.2. The van der Waals surface area contributed by atoms with Crippen molar-refractivity contribution in [3.63, 3.8) is 0 Å². The van der Waals surface area contributed by atoms with Crippen molar-refractivity contribution in [1.29, 1.82) is 0 Å². The number of rotatable bonds is 3. The van der Waals surface area contributed by atoms with Crippen LogP contribution in [-0.2, 0) is 9.53 Å². The van der Waals surface area contributed by atoms with Crippen LogP contribution in [0.3, 0.4) is 0 Å². The van der Waals surface area contributed by atoms with Gasteiger partial charge >= 0.3 is 6.03 Å². The number of fused-ring (bicyclic) bond motifs is 1. The third-order valence-corrected chi connectivity index (χ3v) is 4.08. The number of imide groups is 1. The van der Waals surface area contributed by atoms with Crippen LogP contribution in [0.25, 0.3) is 0 Å². The highest BCUT2D eigenvalue weighted by Gasteiger charge is 2.49. The van der Waals surface area contributed by atoms with Crippen LogP contribution in [-0.4, -0.2) is 49.7 Å². The van der Waals surface area contributed by atoms with Crippen LogP contribution in [0.2, 0.25) is 0 Å². The second-order valence-corrected chi connectivity index (χ2v) is 5.16. The summed E-state index contributed by atoms with van der Waals surface area (Å²) in [6.07, 6.45) is 0.